The number of nitrogens with zero attached hydrogens (tertiary/aromatic N) is 3. The number of hydrogen-bond donors (Lipinski definition) is 1. The van der Waals surface area contributed by atoms with E-state index in [9.17, 15) is 5.11 Å². The van der Waals surface area contributed by atoms with Crippen LogP contribution in [0.1, 0.15) is 18.5 Å². The van der Waals surface area contributed by atoms with Gasteiger partial charge >= 0.3 is 0 Å². The van der Waals surface area contributed by atoms with Crippen LogP contribution in [0.5, 0.6) is 0 Å². The summed E-state index contributed by atoms with van der Waals surface area (Å²) < 4.78 is 0. The van der Waals surface area contributed by atoms with Crippen LogP contribution in [0, 0.1) is 5.92 Å². The van der Waals surface area contributed by atoms with E-state index in [0.29, 0.717) is 5.92 Å². The Kier molecular flexibility index (Phi) is 4.10. The molecule has 0 unspecified atom stereocenters. The van der Waals surface area contributed by atoms with Gasteiger partial charge in [-0.25, -0.2) is 4.98 Å². The summed E-state index contributed by atoms with van der Waals surface area (Å²) in [6.07, 6.45) is 3.62. The van der Waals surface area contributed by atoms with Crippen LogP contribution in [0.25, 0.3) is 10.7 Å². The zero-order chi connectivity index (χ0) is 13.9. The number of aliphatic hydroxyl groups excluding tert-OH is 1. The fourth-order valence-corrected chi connectivity index (χ4v) is 3.40. The molecule has 0 atom stereocenters. The van der Waals surface area contributed by atoms with Gasteiger partial charge in [-0.1, -0.05) is 6.07 Å². The minimum Gasteiger partial charge on any atom is -0.393 e. The van der Waals surface area contributed by atoms with E-state index < -0.39 is 0 Å². The molecule has 5 heteroatoms. The van der Waals surface area contributed by atoms with E-state index in [0.717, 1.165) is 42.3 Å². The van der Waals surface area contributed by atoms with Gasteiger partial charge in [0.15, 0.2) is 0 Å². The zero-order valence-electron chi connectivity index (χ0n) is 11.6. The van der Waals surface area contributed by atoms with E-state index in [4.69, 9.17) is 0 Å². The van der Waals surface area contributed by atoms with E-state index in [1.807, 2.05) is 18.2 Å². The van der Waals surface area contributed by atoms with Crippen LogP contribution >= 0.6 is 11.3 Å². The lowest BCUT2D eigenvalue weighted by Crippen LogP contribution is -2.36. The molecule has 0 spiro atoms. The molecule has 2 heterocycles. The number of aromatic nitrogens is 2. The molecule has 1 aliphatic carbocycles. The highest BCUT2D eigenvalue weighted by Crippen LogP contribution is 2.28. The molecule has 0 saturated heterocycles. The van der Waals surface area contributed by atoms with Crippen molar-refractivity contribution in [3.8, 4) is 10.7 Å². The molecule has 0 bridgehead atoms. The Morgan fingerprint density at radius 3 is 2.95 bits per heavy atom. The summed E-state index contributed by atoms with van der Waals surface area (Å²) in [5.41, 5.74) is 2.03. The standard InChI is InChI=1S/C15H19N3OS/c1-18(8-11-6-13(19)7-11)9-12-10-20-15(17-12)14-4-2-3-5-16-14/h2-5,10-11,13,19H,6-9H2,1H3. The van der Waals surface area contributed by atoms with E-state index in [1.54, 1.807) is 17.5 Å². The lowest BCUT2D eigenvalue weighted by Gasteiger charge is -2.34. The second-order valence-corrected chi connectivity index (χ2v) is 6.41. The average Bonchev–Trinajstić information content (AvgIpc) is 2.86. The molecule has 1 N–H and O–H groups in total. The van der Waals surface area contributed by atoms with Crippen LogP contribution in [0.2, 0.25) is 0 Å². The molecule has 4 nitrogen and oxygen atoms in total. The number of aliphatic hydroxyl groups is 1. The summed E-state index contributed by atoms with van der Waals surface area (Å²) in [6.45, 7) is 1.89. The highest BCUT2D eigenvalue weighted by molar-refractivity contribution is 7.13. The SMILES string of the molecule is CN(Cc1csc(-c2ccccn2)n1)CC1CC(O)C1. The van der Waals surface area contributed by atoms with Crippen molar-refractivity contribution in [2.45, 2.75) is 25.5 Å². The topological polar surface area (TPSA) is 49.2 Å². The second-order valence-electron chi connectivity index (χ2n) is 5.55. The molecule has 0 radical (unpaired) electrons. The van der Waals surface area contributed by atoms with Crippen LogP contribution in [-0.4, -0.2) is 39.7 Å². The molecule has 0 amide bonds. The maximum Gasteiger partial charge on any atom is 0.142 e. The first-order chi connectivity index (χ1) is 9.70. The predicted molar refractivity (Wildman–Crippen MR) is 80.4 cm³/mol. The normalized spacial score (nSPS) is 21.9. The van der Waals surface area contributed by atoms with Gasteiger partial charge in [0, 0.05) is 24.7 Å². The number of thiazole rings is 1. The van der Waals surface area contributed by atoms with Gasteiger partial charge in [0.05, 0.1) is 17.5 Å². The van der Waals surface area contributed by atoms with Gasteiger partial charge < -0.3 is 10.0 Å². The number of hydrogen-bond acceptors (Lipinski definition) is 5. The van der Waals surface area contributed by atoms with Crippen molar-refractivity contribution >= 4 is 11.3 Å². The molecule has 1 saturated carbocycles. The first-order valence-electron chi connectivity index (χ1n) is 6.93. The molecule has 106 valence electrons. The Hall–Kier alpha value is -1.30. The van der Waals surface area contributed by atoms with Gasteiger partial charge in [0.2, 0.25) is 0 Å². The molecule has 20 heavy (non-hydrogen) atoms. The van der Waals surface area contributed by atoms with Crippen LogP contribution < -0.4 is 0 Å². The fraction of sp³-hybridized carbons (Fsp3) is 0.467. The molecule has 3 rings (SSSR count). The van der Waals surface area contributed by atoms with Gasteiger partial charge in [-0.05, 0) is 37.9 Å². The smallest absolute Gasteiger partial charge is 0.142 e. The van der Waals surface area contributed by atoms with Crippen molar-refractivity contribution < 1.29 is 5.11 Å². The van der Waals surface area contributed by atoms with E-state index >= 15 is 0 Å². The summed E-state index contributed by atoms with van der Waals surface area (Å²) in [5.74, 6) is 0.642. The van der Waals surface area contributed by atoms with Crippen molar-refractivity contribution in [1.82, 2.24) is 14.9 Å². The molecule has 0 aromatic carbocycles. The third-order valence-corrected chi connectivity index (χ3v) is 4.56. The number of rotatable bonds is 5. The summed E-state index contributed by atoms with van der Waals surface area (Å²) in [4.78, 5) is 11.3. The highest BCUT2D eigenvalue weighted by Gasteiger charge is 2.27. The first-order valence-corrected chi connectivity index (χ1v) is 7.81. The van der Waals surface area contributed by atoms with Crippen LogP contribution in [0.4, 0.5) is 0 Å². The van der Waals surface area contributed by atoms with E-state index in [2.05, 4.69) is 27.3 Å². The Morgan fingerprint density at radius 2 is 2.25 bits per heavy atom. The Balaban J connectivity index is 1.57. The maximum absolute atomic E-state index is 9.31. The Bertz CT molecular complexity index is 551. The largest absolute Gasteiger partial charge is 0.393 e. The summed E-state index contributed by atoms with van der Waals surface area (Å²) >= 11 is 1.64. The van der Waals surface area contributed by atoms with Crippen molar-refractivity contribution in [3.05, 3.63) is 35.5 Å². The number of pyridine rings is 1. The summed E-state index contributed by atoms with van der Waals surface area (Å²) in [5, 5.41) is 12.4. The van der Waals surface area contributed by atoms with E-state index in [-0.39, 0.29) is 6.10 Å². The monoisotopic (exact) mass is 289 g/mol. The van der Waals surface area contributed by atoms with Crippen LogP contribution in [0.3, 0.4) is 0 Å². The molecule has 1 fully saturated rings. The van der Waals surface area contributed by atoms with Gasteiger partial charge in [-0.2, -0.15) is 0 Å². The minimum absolute atomic E-state index is 0.0663. The van der Waals surface area contributed by atoms with Gasteiger partial charge in [0.1, 0.15) is 5.01 Å². The molecular formula is C15H19N3OS. The molecular weight excluding hydrogens is 270 g/mol. The Labute approximate surface area is 123 Å². The molecule has 2 aromatic heterocycles. The lowest BCUT2D eigenvalue weighted by atomic mass is 9.82. The van der Waals surface area contributed by atoms with Gasteiger partial charge in [-0.3, -0.25) is 4.98 Å². The summed E-state index contributed by atoms with van der Waals surface area (Å²) in [6, 6.07) is 5.89. The lowest BCUT2D eigenvalue weighted by molar-refractivity contribution is 0.0272. The van der Waals surface area contributed by atoms with E-state index in [1.165, 1.54) is 0 Å². The van der Waals surface area contributed by atoms with Gasteiger partial charge in [0.25, 0.3) is 0 Å². The van der Waals surface area contributed by atoms with Crippen LogP contribution in [0.15, 0.2) is 29.8 Å². The second kappa shape index (κ2) is 5.99. The third-order valence-electron chi connectivity index (χ3n) is 3.65. The van der Waals surface area contributed by atoms with Crippen molar-refractivity contribution in [2.24, 2.45) is 5.92 Å². The Morgan fingerprint density at radius 1 is 1.40 bits per heavy atom. The predicted octanol–water partition coefficient (Wildman–Crippen LogP) is 2.41. The zero-order valence-corrected chi connectivity index (χ0v) is 12.4. The fourth-order valence-electron chi connectivity index (χ4n) is 2.62. The molecule has 2 aromatic rings. The van der Waals surface area contributed by atoms with Crippen LogP contribution in [-0.2, 0) is 6.54 Å². The average molecular weight is 289 g/mol. The summed E-state index contributed by atoms with van der Waals surface area (Å²) in [7, 11) is 2.12. The maximum atomic E-state index is 9.31. The minimum atomic E-state index is -0.0663. The van der Waals surface area contributed by atoms with Gasteiger partial charge in [-0.15, -0.1) is 11.3 Å². The van der Waals surface area contributed by atoms with Crippen molar-refractivity contribution in [2.75, 3.05) is 13.6 Å². The van der Waals surface area contributed by atoms with Crippen molar-refractivity contribution in [3.63, 3.8) is 0 Å². The molecule has 1 aliphatic rings. The third kappa shape index (κ3) is 3.23. The molecule has 0 aliphatic heterocycles. The highest BCUT2D eigenvalue weighted by atomic mass is 32.1. The first kappa shape index (κ1) is 13.7. The quantitative estimate of drug-likeness (QED) is 0.918. The van der Waals surface area contributed by atoms with Crippen molar-refractivity contribution in [1.29, 1.82) is 0 Å².